The highest BCUT2D eigenvalue weighted by atomic mass is 16.5. The summed E-state index contributed by atoms with van der Waals surface area (Å²) in [5.41, 5.74) is 0. The molecule has 0 aromatic rings. The minimum Gasteiger partial charge on any atom is -0.381 e. The van der Waals surface area contributed by atoms with Gasteiger partial charge in [-0.1, -0.05) is 0 Å². The van der Waals surface area contributed by atoms with Gasteiger partial charge in [0.05, 0.1) is 25.2 Å². The van der Waals surface area contributed by atoms with Crippen molar-refractivity contribution in [3.05, 3.63) is 0 Å². The first kappa shape index (κ1) is 15.3. The average Bonchev–Trinajstić information content (AvgIpc) is 3.31. The van der Waals surface area contributed by atoms with E-state index in [1.807, 2.05) is 0 Å². The summed E-state index contributed by atoms with van der Waals surface area (Å²) in [7, 11) is 2.12. The zero-order valence-electron chi connectivity index (χ0n) is 13.1. The van der Waals surface area contributed by atoms with E-state index < -0.39 is 0 Å². The van der Waals surface area contributed by atoms with Gasteiger partial charge in [0.2, 0.25) is 5.91 Å². The van der Waals surface area contributed by atoms with E-state index in [1.165, 1.54) is 12.8 Å². The van der Waals surface area contributed by atoms with E-state index in [0.717, 1.165) is 58.2 Å². The van der Waals surface area contributed by atoms with Crippen LogP contribution in [0.1, 0.15) is 25.7 Å². The number of likely N-dealkylation sites (N-methyl/N-ethyl adjacent to an activating group) is 1. The van der Waals surface area contributed by atoms with Crippen LogP contribution in [0.4, 0.5) is 0 Å². The molecule has 0 spiro atoms. The van der Waals surface area contributed by atoms with Gasteiger partial charge < -0.3 is 19.3 Å². The SMILES string of the molecule is CN1CCO[C@@H](CN(CC2CC2)C(=O)[C@H]2CCCOC2)C1. The Balaban J connectivity index is 1.57. The molecule has 0 bridgehead atoms. The lowest BCUT2D eigenvalue weighted by atomic mass is 10.00. The van der Waals surface area contributed by atoms with Crippen molar-refractivity contribution in [2.75, 3.05) is 53.0 Å². The molecule has 5 heteroatoms. The maximum atomic E-state index is 12.8. The number of ether oxygens (including phenoxy) is 2. The van der Waals surface area contributed by atoms with Crippen molar-refractivity contribution in [1.29, 1.82) is 0 Å². The van der Waals surface area contributed by atoms with Crippen LogP contribution in [0.15, 0.2) is 0 Å². The lowest BCUT2D eigenvalue weighted by Gasteiger charge is -2.36. The Morgan fingerprint density at radius 2 is 2.10 bits per heavy atom. The Labute approximate surface area is 127 Å². The molecule has 2 aliphatic heterocycles. The Bertz CT molecular complexity index is 353. The molecule has 1 amide bonds. The molecular formula is C16H28N2O3. The predicted octanol–water partition coefficient (Wildman–Crippen LogP) is 0.982. The van der Waals surface area contributed by atoms with E-state index in [0.29, 0.717) is 12.5 Å². The van der Waals surface area contributed by atoms with Crippen molar-refractivity contribution in [3.63, 3.8) is 0 Å². The van der Waals surface area contributed by atoms with E-state index in [2.05, 4.69) is 16.8 Å². The predicted molar refractivity (Wildman–Crippen MR) is 80.1 cm³/mol. The van der Waals surface area contributed by atoms with Crippen LogP contribution in [-0.4, -0.2) is 74.9 Å². The number of hydrogen-bond donors (Lipinski definition) is 0. The smallest absolute Gasteiger partial charge is 0.228 e. The molecule has 5 nitrogen and oxygen atoms in total. The molecule has 0 radical (unpaired) electrons. The molecule has 1 aliphatic carbocycles. The first-order valence-corrected chi connectivity index (χ1v) is 8.39. The van der Waals surface area contributed by atoms with Crippen LogP contribution in [0.3, 0.4) is 0 Å². The molecule has 21 heavy (non-hydrogen) atoms. The Morgan fingerprint density at radius 1 is 1.24 bits per heavy atom. The summed E-state index contributed by atoms with van der Waals surface area (Å²) >= 11 is 0. The molecule has 0 aromatic heterocycles. The molecule has 120 valence electrons. The summed E-state index contributed by atoms with van der Waals surface area (Å²) in [6.45, 7) is 5.77. The fraction of sp³-hybridized carbons (Fsp3) is 0.938. The first-order chi connectivity index (χ1) is 10.2. The van der Waals surface area contributed by atoms with Gasteiger partial charge in [0.25, 0.3) is 0 Å². The number of carbonyl (C=O) groups is 1. The largest absolute Gasteiger partial charge is 0.381 e. The number of amides is 1. The van der Waals surface area contributed by atoms with Crippen molar-refractivity contribution in [1.82, 2.24) is 9.80 Å². The summed E-state index contributed by atoms with van der Waals surface area (Å²) in [6.07, 6.45) is 4.70. The van der Waals surface area contributed by atoms with Crippen molar-refractivity contribution in [3.8, 4) is 0 Å². The van der Waals surface area contributed by atoms with Gasteiger partial charge in [0, 0.05) is 32.8 Å². The van der Waals surface area contributed by atoms with E-state index >= 15 is 0 Å². The zero-order valence-corrected chi connectivity index (χ0v) is 13.1. The fourth-order valence-electron chi connectivity index (χ4n) is 3.28. The summed E-state index contributed by atoms with van der Waals surface area (Å²) in [5, 5.41) is 0. The molecule has 0 aromatic carbocycles. The van der Waals surface area contributed by atoms with E-state index in [9.17, 15) is 4.79 Å². The molecule has 0 unspecified atom stereocenters. The molecule has 3 aliphatic rings. The lowest BCUT2D eigenvalue weighted by molar-refractivity contribution is -0.143. The first-order valence-electron chi connectivity index (χ1n) is 8.39. The van der Waals surface area contributed by atoms with Gasteiger partial charge >= 0.3 is 0 Å². The summed E-state index contributed by atoms with van der Waals surface area (Å²) in [4.78, 5) is 17.2. The van der Waals surface area contributed by atoms with Gasteiger partial charge in [-0.15, -0.1) is 0 Å². The molecule has 2 heterocycles. The summed E-state index contributed by atoms with van der Waals surface area (Å²) in [5.74, 6) is 1.08. The third-order valence-electron chi connectivity index (χ3n) is 4.76. The van der Waals surface area contributed by atoms with Gasteiger partial charge in [-0.05, 0) is 38.6 Å². The average molecular weight is 296 g/mol. The van der Waals surface area contributed by atoms with Crippen molar-refractivity contribution < 1.29 is 14.3 Å². The van der Waals surface area contributed by atoms with Gasteiger partial charge in [-0.25, -0.2) is 0 Å². The molecule has 2 atom stereocenters. The van der Waals surface area contributed by atoms with E-state index in [-0.39, 0.29) is 12.0 Å². The molecule has 3 fully saturated rings. The molecular weight excluding hydrogens is 268 g/mol. The van der Waals surface area contributed by atoms with Crippen LogP contribution in [0, 0.1) is 11.8 Å². The highest BCUT2D eigenvalue weighted by molar-refractivity contribution is 5.79. The second-order valence-corrected chi connectivity index (χ2v) is 6.86. The quantitative estimate of drug-likeness (QED) is 0.758. The third-order valence-corrected chi connectivity index (χ3v) is 4.76. The van der Waals surface area contributed by atoms with Crippen LogP contribution >= 0.6 is 0 Å². The maximum absolute atomic E-state index is 12.8. The van der Waals surface area contributed by atoms with Crippen LogP contribution in [0.25, 0.3) is 0 Å². The summed E-state index contributed by atoms with van der Waals surface area (Å²) < 4.78 is 11.3. The Hall–Kier alpha value is -0.650. The van der Waals surface area contributed by atoms with Gasteiger partial charge in [0.1, 0.15) is 0 Å². The number of nitrogens with zero attached hydrogens (tertiary/aromatic N) is 2. The number of carbonyl (C=O) groups excluding carboxylic acids is 1. The van der Waals surface area contributed by atoms with Crippen LogP contribution < -0.4 is 0 Å². The number of rotatable bonds is 5. The highest BCUT2D eigenvalue weighted by Gasteiger charge is 2.33. The van der Waals surface area contributed by atoms with Crippen molar-refractivity contribution in [2.45, 2.75) is 31.8 Å². The monoisotopic (exact) mass is 296 g/mol. The molecule has 0 N–H and O–H groups in total. The van der Waals surface area contributed by atoms with Crippen molar-refractivity contribution >= 4 is 5.91 Å². The number of morpholine rings is 1. The molecule has 2 saturated heterocycles. The minimum absolute atomic E-state index is 0.0684. The third kappa shape index (κ3) is 4.41. The van der Waals surface area contributed by atoms with Crippen LogP contribution in [0.2, 0.25) is 0 Å². The van der Waals surface area contributed by atoms with E-state index in [1.54, 1.807) is 0 Å². The van der Waals surface area contributed by atoms with Crippen molar-refractivity contribution in [2.24, 2.45) is 11.8 Å². The number of hydrogen-bond acceptors (Lipinski definition) is 4. The summed E-state index contributed by atoms with van der Waals surface area (Å²) in [6, 6.07) is 0. The van der Waals surface area contributed by atoms with Gasteiger partial charge in [0.15, 0.2) is 0 Å². The maximum Gasteiger partial charge on any atom is 0.228 e. The van der Waals surface area contributed by atoms with Crippen LogP contribution in [0.5, 0.6) is 0 Å². The second-order valence-electron chi connectivity index (χ2n) is 6.86. The topological polar surface area (TPSA) is 42.0 Å². The normalized spacial score (nSPS) is 31.1. The molecule has 3 rings (SSSR count). The van der Waals surface area contributed by atoms with E-state index in [4.69, 9.17) is 9.47 Å². The minimum atomic E-state index is 0.0684. The Kier molecular flexibility index (Phi) is 5.14. The highest BCUT2D eigenvalue weighted by Crippen LogP contribution is 2.31. The van der Waals surface area contributed by atoms with Gasteiger partial charge in [-0.2, -0.15) is 0 Å². The van der Waals surface area contributed by atoms with Crippen LogP contribution in [-0.2, 0) is 14.3 Å². The standard InChI is InChI=1S/C16H28N2O3/c1-17-6-8-21-15(10-17)11-18(9-13-4-5-13)16(19)14-3-2-7-20-12-14/h13-15H,2-12H2,1H3/t14-,15+/m0/s1. The fourth-order valence-corrected chi connectivity index (χ4v) is 3.28. The second kappa shape index (κ2) is 7.07. The zero-order chi connectivity index (χ0) is 14.7. The lowest BCUT2D eigenvalue weighted by Crippen LogP contribution is -2.50. The Morgan fingerprint density at radius 3 is 2.76 bits per heavy atom. The molecule has 1 saturated carbocycles. The van der Waals surface area contributed by atoms with Gasteiger partial charge in [-0.3, -0.25) is 4.79 Å².